The largest absolute Gasteiger partial charge is 0.456 e. The molecule has 2 N–H and O–H groups in total. The number of carbonyl (C=O) groups is 1. The van der Waals surface area contributed by atoms with Crippen LogP contribution in [0, 0.1) is 18.6 Å². The summed E-state index contributed by atoms with van der Waals surface area (Å²) >= 11 is 0. The van der Waals surface area contributed by atoms with Gasteiger partial charge < -0.3 is 15.4 Å². The van der Waals surface area contributed by atoms with Crippen LogP contribution in [-0.4, -0.2) is 15.9 Å². The molecule has 0 radical (unpaired) electrons. The van der Waals surface area contributed by atoms with Crippen LogP contribution in [0.3, 0.4) is 0 Å². The minimum absolute atomic E-state index is 0.112. The first-order chi connectivity index (χ1) is 15.9. The second-order valence-corrected chi connectivity index (χ2v) is 7.27. The van der Waals surface area contributed by atoms with E-state index in [0.717, 1.165) is 6.07 Å². The van der Waals surface area contributed by atoms with Crippen LogP contribution in [0.1, 0.15) is 21.5 Å². The van der Waals surface area contributed by atoms with Gasteiger partial charge in [-0.2, -0.15) is 0 Å². The van der Waals surface area contributed by atoms with E-state index in [1.54, 1.807) is 72.7 Å². The van der Waals surface area contributed by atoms with Crippen LogP contribution in [0.25, 0.3) is 0 Å². The monoisotopic (exact) mass is 446 g/mol. The molecule has 2 aromatic heterocycles. The predicted octanol–water partition coefficient (Wildman–Crippen LogP) is 5.29. The van der Waals surface area contributed by atoms with Gasteiger partial charge in [0.25, 0.3) is 5.91 Å². The number of aromatic nitrogens is 2. The Morgan fingerprint density at radius 1 is 0.939 bits per heavy atom. The number of primary amides is 1. The molecular weight excluding hydrogens is 426 g/mol. The molecule has 8 heteroatoms. The number of nitrogens with two attached hydrogens (primary N) is 1. The number of amides is 1. The summed E-state index contributed by atoms with van der Waals surface area (Å²) in [4.78, 5) is 22.4. The van der Waals surface area contributed by atoms with E-state index < -0.39 is 17.5 Å². The molecule has 0 aliphatic heterocycles. The number of halogens is 2. The van der Waals surface area contributed by atoms with E-state index in [4.69, 9.17) is 10.5 Å². The first-order valence-electron chi connectivity index (χ1n) is 10.1. The van der Waals surface area contributed by atoms with Gasteiger partial charge in [-0.05, 0) is 55.0 Å². The Morgan fingerprint density at radius 2 is 1.67 bits per heavy atom. The van der Waals surface area contributed by atoms with Crippen molar-refractivity contribution in [2.75, 3.05) is 4.90 Å². The molecule has 33 heavy (non-hydrogen) atoms. The Labute approximate surface area is 189 Å². The molecule has 0 unspecified atom stereocenters. The van der Waals surface area contributed by atoms with Crippen LogP contribution in [0.15, 0.2) is 79.1 Å². The van der Waals surface area contributed by atoms with Crippen LogP contribution in [0.2, 0.25) is 0 Å². The van der Waals surface area contributed by atoms with Gasteiger partial charge in [-0.1, -0.05) is 18.2 Å². The molecule has 0 saturated heterocycles. The summed E-state index contributed by atoms with van der Waals surface area (Å²) in [6.45, 7) is 1.91. The lowest BCUT2D eigenvalue weighted by atomic mass is 10.1. The number of para-hydroxylation sites is 1. The summed E-state index contributed by atoms with van der Waals surface area (Å²) in [7, 11) is 0. The Kier molecular flexibility index (Phi) is 6.26. The standard InChI is InChI=1S/C25H20F2N4O2/c1-16-21(33-22-7-3-2-6-20(22)24(28)32)9-11-30-25(16)31(23-8-4-5-10-29-23)15-17-12-18(26)14-19(27)13-17/h2-14H,15H2,1H3,(H2,28,32). The second-order valence-electron chi connectivity index (χ2n) is 7.27. The first kappa shape index (κ1) is 21.9. The van der Waals surface area contributed by atoms with Gasteiger partial charge in [0.2, 0.25) is 0 Å². The summed E-state index contributed by atoms with van der Waals surface area (Å²) in [5.74, 6) is -0.186. The van der Waals surface area contributed by atoms with Crippen LogP contribution in [0.5, 0.6) is 11.5 Å². The van der Waals surface area contributed by atoms with Crippen molar-refractivity contribution in [3.8, 4) is 11.5 Å². The minimum Gasteiger partial charge on any atom is -0.456 e. The second kappa shape index (κ2) is 9.44. The highest BCUT2D eigenvalue weighted by atomic mass is 19.1. The molecule has 1 amide bonds. The molecule has 6 nitrogen and oxygen atoms in total. The number of ether oxygens (including phenoxy) is 1. The third kappa shape index (κ3) is 4.95. The number of nitrogens with zero attached hydrogens (tertiary/aromatic N) is 3. The molecule has 0 bridgehead atoms. The van der Waals surface area contributed by atoms with E-state index in [1.165, 1.54) is 12.1 Å². The highest BCUT2D eigenvalue weighted by Crippen LogP contribution is 2.35. The van der Waals surface area contributed by atoms with Gasteiger partial charge in [-0.3, -0.25) is 4.79 Å². The lowest BCUT2D eigenvalue weighted by Crippen LogP contribution is -2.20. The highest BCUT2D eigenvalue weighted by molar-refractivity contribution is 5.95. The Bertz CT molecular complexity index is 1280. The molecule has 0 aliphatic carbocycles. The first-order valence-corrected chi connectivity index (χ1v) is 10.1. The maximum atomic E-state index is 13.8. The Hall–Kier alpha value is -4.33. The van der Waals surface area contributed by atoms with Gasteiger partial charge >= 0.3 is 0 Å². The van der Waals surface area contributed by atoms with Crippen LogP contribution in [-0.2, 0) is 6.54 Å². The zero-order valence-electron chi connectivity index (χ0n) is 17.7. The number of rotatable bonds is 7. The van der Waals surface area contributed by atoms with Crippen molar-refractivity contribution in [3.63, 3.8) is 0 Å². The average molecular weight is 446 g/mol. The molecular formula is C25H20F2N4O2. The SMILES string of the molecule is Cc1c(Oc2ccccc2C(N)=O)ccnc1N(Cc1cc(F)cc(F)c1)c1ccccn1. The van der Waals surface area contributed by atoms with E-state index in [1.807, 2.05) is 0 Å². The van der Waals surface area contributed by atoms with Gasteiger partial charge in [0.05, 0.1) is 12.1 Å². The average Bonchev–Trinajstić information content (AvgIpc) is 2.79. The molecule has 0 spiro atoms. The van der Waals surface area contributed by atoms with Gasteiger partial charge in [-0.25, -0.2) is 18.7 Å². The fourth-order valence-corrected chi connectivity index (χ4v) is 3.43. The molecule has 4 aromatic rings. The van der Waals surface area contributed by atoms with Crippen LogP contribution < -0.4 is 15.4 Å². The van der Waals surface area contributed by atoms with Crippen molar-refractivity contribution in [2.24, 2.45) is 5.73 Å². The summed E-state index contributed by atoms with van der Waals surface area (Å²) < 4.78 is 33.7. The van der Waals surface area contributed by atoms with Crippen molar-refractivity contribution in [3.05, 3.63) is 107 Å². The lowest BCUT2D eigenvalue weighted by Gasteiger charge is -2.25. The van der Waals surface area contributed by atoms with Crippen molar-refractivity contribution in [1.82, 2.24) is 9.97 Å². The number of benzene rings is 2. The van der Waals surface area contributed by atoms with Crippen LogP contribution in [0.4, 0.5) is 20.4 Å². The maximum Gasteiger partial charge on any atom is 0.252 e. The number of pyridine rings is 2. The zero-order chi connectivity index (χ0) is 23.4. The normalized spacial score (nSPS) is 10.6. The van der Waals surface area contributed by atoms with Crippen molar-refractivity contribution in [2.45, 2.75) is 13.5 Å². The van der Waals surface area contributed by atoms with Crippen molar-refractivity contribution < 1.29 is 18.3 Å². The van der Waals surface area contributed by atoms with Crippen molar-refractivity contribution >= 4 is 17.5 Å². The molecule has 2 heterocycles. The lowest BCUT2D eigenvalue weighted by molar-refractivity contribution is 0.0998. The molecule has 2 aromatic carbocycles. The molecule has 0 fully saturated rings. The third-order valence-electron chi connectivity index (χ3n) is 4.94. The summed E-state index contributed by atoms with van der Waals surface area (Å²) in [6, 6.07) is 17.0. The van der Waals surface area contributed by atoms with E-state index in [2.05, 4.69) is 9.97 Å². The molecule has 0 atom stereocenters. The van der Waals surface area contributed by atoms with E-state index >= 15 is 0 Å². The smallest absolute Gasteiger partial charge is 0.252 e. The van der Waals surface area contributed by atoms with Gasteiger partial charge in [0.15, 0.2) is 0 Å². The maximum absolute atomic E-state index is 13.8. The van der Waals surface area contributed by atoms with E-state index in [-0.39, 0.29) is 12.1 Å². The molecule has 166 valence electrons. The molecule has 4 rings (SSSR count). The summed E-state index contributed by atoms with van der Waals surface area (Å²) in [5, 5.41) is 0. The number of hydrogen-bond donors (Lipinski definition) is 1. The number of anilines is 2. The number of hydrogen-bond acceptors (Lipinski definition) is 5. The minimum atomic E-state index is -0.671. The predicted molar refractivity (Wildman–Crippen MR) is 120 cm³/mol. The molecule has 0 aliphatic rings. The highest BCUT2D eigenvalue weighted by Gasteiger charge is 2.19. The van der Waals surface area contributed by atoms with Gasteiger partial charge in [0.1, 0.15) is 34.8 Å². The summed E-state index contributed by atoms with van der Waals surface area (Å²) in [6.07, 6.45) is 3.17. The quantitative estimate of drug-likeness (QED) is 0.417. The van der Waals surface area contributed by atoms with Gasteiger partial charge in [0, 0.05) is 24.0 Å². The fraction of sp³-hybridized carbons (Fsp3) is 0.0800. The van der Waals surface area contributed by atoms with E-state index in [0.29, 0.717) is 34.3 Å². The van der Waals surface area contributed by atoms with Crippen LogP contribution >= 0.6 is 0 Å². The summed E-state index contributed by atoms with van der Waals surface area (Å²) in [5.41, 5.74) is 6.75. The third-order valence-corrected chi connectivity index (χ3v) is 4.94. The zero-order valence-corrected chi connectivity index (χ0v) is 17.7. The topological polar surface area (TPSA) is 81.3 Å². The molecule has 0 saturated carbocycles. The fourth-order valence-electron chi connectivity index (χ4n) is 3.43. The van der Waals surface area contributed by atoms with Crippen molar-refractivity contribution in [1.29, 1.82) is 0 Å². The number of carbonyl (C=O) groups excluding carboxylic acids is 1. The van der Waals surface area contributed by atoms with Gasteiger partial charge in [-0.15, -0.1) is 0 Å². The Morgan fingerprint density at radius 3 is 2.36 bits per heavy atom. The van der Waals surface area contributed by atoms with E-state index in [9.17, 15) is 13.6 Å². The Balaban J connectivity index is 1.76.